The normalized spacial score (nSPS) is 15.6. The molecule has 5 nitrogen and oxygen atoms in total. The van der Waals surface area contributed by atoms with Crippen molar-refractivity contribution in [1.82, 2.24) is 5.32 Å². The van der Waals surface area contributed by atoms with Crippen LogP contribution in [-0.4, -0.2) is 24.9 Å². The Hall–Kier alpha value is -2.04. The van der Waals surface area contributed by atoms with Crippen LogP contribution in [0.3, 0.4) is 0 Å². The molecular weight excluding hydrogens is 230 g/mol. The molecule has 3 N–H and O–H groups in total. The monoisotopic (exact) mass is 247 g/mol. The van der Waals surface area contributed by atoms with Gasteiger partial charge >= 0.3 is 6.03 Å². The highest BCUT2D eigenvalue weighted by atomic mass is 16.2. The molecule has 0 aliphatic carbocycles. The number of hydrogen-bond donors (Lipinski definition) is 2. The smallest absolute Gasteiger partial charge is 0.312 e. The highest BCUT2D eigenvalue weighted by Crippen LogP contribution is 2.19. The zero-order valence-electron chi connectivity index (χ0n) is 10.2. The van der Waals surface area contributed by atoms with Crippen LogP contribution < -0.4 is 16.0 Å². The number of nitrogens with zero attached hydrogens (tertiary/aromatic N) is 1. The minimum Gasteiger partial charge on any atom is -0.371 e. The fraction of sp³-hybridized carbons (Fsp3) is 0.385. The van der Waals surface area contributed by atoms with Gasteiger partial charge in [0.2, 0.25) is 0 Å². The average molecular weight is 247 g/mol. The predicted octanol–water partition coefficient (Wildman–Crippen LogP) is 1.02. The summed E-state index contributed by atoms with van der Waals surface area (Å²) >= 11 is 0. The van der Waals surface area contributed by atoms with Gasteiger partial charge in [-0.2, -0.15) is 0 Å². The molecule has 0 spiro atoms. The molecule has 1 heterocycles. The molecule has 2 rings (SSSR count). The second-order valence-electron chi connectivity index (χ2n) is 4.41. The highest BCUT2D eigenvalue weighted by molar-refractivity contribution is 5.81. The van der Waals surface area contributed by atoms with Gasteiger partial charge in [-0.15, -0.1) is 0 Å². The van der Waals surface area contributed by atoms with Crippen molar-refractivity contribution in [2.45, 2.75) is 19.4 Å². The van der Waals surface area contributed by atoms with Gasteiger partial charge in [0.1, 0.15) is 5.78 Å². The maximum Gasteiger partial charge on any atom is 0.312 e. The Labute approximate surface area is 106 Å². The maximum absolute atomic E-state index is 11.2. The van der Waals surface area contributed by atoms with Crippen molar-refractivity contribution in [1.29, 1.82) is 0 Å². The number of piperidine rings is 1. The minimum atomic E-state index is -0.520. The number of urea groups is 1. The number of carbonyl (C=O) groups excluding carboxylic acids is 2. The fourth-order valence-electron chi connectivity index (χ4n) is 2.03. The molecule has 1 aliphatic rings. The molecule has 1 aliphatic heterocycles. The molecular formula is C13H17N3O2. The Morgan fingerprint density at radius 2 is 1.83 bits per heavy atom. The van der Waals surface area contributed by atoms with Gasteiger partial charge in [-0.25, -0.2) is 4.79 Å². The van der Waals surface area contributed by atoms with E-state index in [4.69, 9.17) is 5.73 Å². The first-order chi connectivity index (χ1) is 8.65. The van der Waals surface area contributed by atoms with Crippen LogP contribution in [-0.2, 0) is 11.3 Å². The van der Waals surface area contributed by atoms with Crippen LogP contribution >= 0.6 is 0 Å². The number of carbonyl (C=O) groups is 2. The Balaban J connectivity index is 1.94. The summed E-state index contributed by atoms with van der Waals surface area (Å²) in [7, 11) is 0. The van der Waals surface area contributed by atoms with Gasteiger partial charge in [0, 0.05) is 38.2 Å². The molecule has 18 heavy (non-hydrogen) atoms. The van der Waals surface area contributed by atoms with E-state index in [0.29, 0.717) is 25.2 Å². The number of Topliss-reactive ketones (excluding diaryl/α,β-unsaturated/α-hetero) is 1. The third kappa shape index (κ3) is 3.23. The second-order valence-corrected chi connectivity index (χ2v) is 4.41. The number of rotatable bonds is 3. The van der Waals surface area contributed by atoms with Crippen LogP contribution in [0.5, 0.6) is 0 Å². The summed E-state index contributed by atoms with van der Waals surface area (Å²) in [5.41, 5.74) is 7.13. The van der Waals surface area contributed by atoms with Gasteiger partial charge in [-0.1, -0.05) is 12.1 Å². The molecule has 0 unspecified atom stereocenters. The molecule has 0 radical (unpaired) electrons. The van der Waals surface area contributed by atoms with Crippen LogP contribution in [0.4, 0.5) is 10.5 Å². The van der Waals surface area contributed by atoms with Crippen LogP contribution in [0.25, 0.3) is 0 Å². The molecule has 1 aromatic carbocycles. The maximum atomic E-state index is 11.2. The summed E-state index contributed by atoms with van der Waals surface area (Å²) in [6.45, 7) is 2.02. The number of hydrogen-bond acceptors (Lipinski definition) is 3. The van der Waals surface area contributed by atoms with Crippen LogP contribution in [0, 0.1) is 0 Å². The first kappa shape index (κ1) is 12.4. The number of primary amides is 1. The topological polar surface area (TPSA) is 75.4 Å². The lowest BCUT2D eigenvalue weighted by Gasteiger charge is -2.28. The lowest BCUT2D eigenvalue weighted by Crippen LogP contribution is -2.33. The van der Waals surface area contributed by atoms with Gasteiger partial charge < -0.3 is 16.0 Å². The number of ketones is 1. The summed E-state index contributed by atoms with van der Waals surface area (Å²) in [5.74, 6) is 0.341. The molecule has 96 valence electrons. The second kappa shape index (κ2) is 5.53. The SMILES string of the molecule is NC(=O)NCc1ccc(N2CCC(=O)CC2)cc1. The molecule has 0 saturated carbocycles. The summed E-state index contributed by atoms with van der Waals surface area (Å²) in [4.78, 5) is 24.0. The molecule has 0 atom stereocenters. The average Bonchev–Trinajstić information content (AvgIpc) is 2.38. The molecule has 1 fully saturated rings. The van der Waals surface area contributed by atoms with Crippen LogP contribution in [0.1, 0.15) is 18.4 Å². The van der Waals surface area contributed by atoms with E-state index in [0.717, 1.165) is 24.3 Å². The fourth-order valence-corrected chi connectivity index (χ4v) is 2.03. The summed E-state index contributed by atoms with van der Waals surface area (Å²) < 4.78 is 0. The minimum absolute atomic E-state index is 0.341. The van der Waals surface area contributed by atoms with E-state index in [1.54, 1.807) is 0 Å². The van der Waals surface area contributed by atoms with Crippen LogP contribution in [0.2, 0.25) is 0 Å². The van der Waals surface area contributed by atoms with E-state index in [-0.39, 0.29) is 0 Å². The molecule has 2 amide bonds. The van der Waals surface area contributed by atoms with E-state index < -0.39 is 6.03 Å². The zero-order chi connectivity index (χ0) is 13.0. The van der Waals surface area contributed by atoms with Crippen molar-refractivity contribution >= 4 is 17.5 Å². The van der Waals surface area contributed by atoms with E-state index in [9.17, 15) is 9.59 Å². The molecule has 1 aromatic rings. The number of nitrogens with two attached hydrogens (primary N) is 1. The van der Waals surface area contributed by atoms with Crippen molar-refractivity contribution in [2.75, 3.05) is 18.0 Å². The third-order valence-corrected chi connectivity index (χ3v) is 3.09. The van der Waals surface area contributed by atoms with Crippen molar-refractivity contribution < 1.29 is 9.59 Å². The van der Waals surface area contributed by atoms with Crippen LogP contribution in [0.15, 0.2) is 24.3 Å². The van der Waals surface area contributed by atoms with Gasteiger partial charge in [-0.05, 0) is 17.7 Å². The largest absolute Gasteiger partial charge is 0.371 e. The van der Waals surface area contributed by atoms with Gasteiger partial charge in [0.25, 0.3) is 0 Å². The highest BCUT2D eigenvalue weighted by Gasteiger charge is 2.16. The van der Waals surface area contributed by atoms with E-state index in [1.165, 1.54) is 0 Å². The quantitative estimate of drug-likeness (QED) is 0.837. The Kier molecular flexibility index (Phi) is 3.82. The molecule has 5 heteroatoms. The van der Waals surface area contributed by atoms with Gasteiger partial charge in [0.15, 0.2) is 0 Å². The zero-order valence-corrected chi connectivity index (χ0v) is 10.2. The lowest BCUT2D eigenvalue weighted by molar-refractivity contribution is -0.119. The van der Waals surface area contributed by atoms with Gasteiger partial charge in [-0.3, -0.25) is 4.79 Å². The molecule has 0 aromatic heterocycles. The number of benzene rings is 1. The standard InChI is InChI=1S/C13H17N3O2/c14-13(18)15-9-10-1-3-11(4-2-10)16-7-5-12(17)6-8-16/h1-4H,5-9H2,(H3,14,15,18). The van der Waals surface area contributed by atoms with Crippen molar-refractivity contribution in [3.8, 4) is 0 Å². The first-order valence-corrected chi connectivity index (χ1v) is 6.04. The number of nitrogens with one attached hydrogen (secondary N) is 1. The Morgan fingerprint density at radius 3 is 2.39 bits per heavy atom. The Bertz CT molecular complexity index is 432. The van der Waals surface area contributed by atoms with Crippen molar-refractivity contribution in [3.63, 3.8) is 0 Å². The Morgan fingerprint density at radius 1 is 1.22 bits per heavy atom. The summed E-state index contributed by atoms with van der Waals surface area (Å²) in [6.07, 6.45) is 1.26. The van der Waals surface area contributed by atoms with Crippen molar-refractivity contribution in [2.24, 2.45) is 5.73 Å². The lowest BCUT2D eigenvalue weighted by atomic mass is 10.1. The van der Waals surface area contributed by atoms with Crippen molar-refractivity contribution in [3.05, 3.63) is 29.8 Å². The summed E-state index contributed by atoms with van der Waals surface area (Å²) in [5, 5.41) is 2.55. The summed E-state index contributed by atoms with van der Waals surface area (Å²) in [6, 6.07) is 7.42. The predicted molar refractivity (Wildman–Crippen MR) is 69.3 cm³/mol. The van der Waals surface area contributed by atoms with Gasteiger partial charge in [0.05, 0.1) is 0 Å². The number of amides is 2. The number of anilines is 1. The third-order valence-electron chi connectivity index (χ3n) is 3.09. The molecule has 0 bridgehead atoms. The first-order valence-electron chi connectivity index (χ1n) is 6.04. The van der Waals surface area contributed by atoms with E-state index in [1.807, 2.05) is 24.3 Å². The van der Waals surface area contributed by atoms with E-state index >= 15 is 0 Å². The van der Waals surface area contributed by atoms with E-state index in [2.05, 4.69) is 10.2 Å². The molecule has 1 saturated heterocycles.